The van der Waals surface area contributed by atoms with Crippen molar-refractivity contribution in [1.82, 2.24) is 19.9 Å². The second-order valence-corrected chi connectivity index (χ2v) is 8.48. The molecule has 0 unspecified atom stereocenters. The first-order valence-corrected chi connectivity index (χ1v) is 12.7. The third-order valence-corrected chi connectivity index (χ3v) is 5.60. The molecule has 36 heavy (non-hydrogen) atoms. The molecule has 196 valence electrons. The molecule has 1 amide bonds. The number of anilines is 3. The van der Waals surface area contributed by atoms with Crippen molar-refractivity contribution in [3.05, 3.63) is 45.8 Å². The van der Waals surface area contributed by atoms with Crippen LogP contribution in [-0.2, 0) is 4.79 Å². The van der Waals surface area contributed by atoms with Crippen molar-refractivity contribution in [2.75, 3.05) is 37.0 Å². The van der Waals surface area contributed by atoms with Gasteiger partial charge in [0.15, 0.2) is 11.6 Å². The lowest BCUT2D eigenvalue weighted by Crippen LogP contribution is -2.24. The van der Waals surface area contributed by atoms with Crippen LogP contribution in [0.2, 0.25) is 5.02 Å². The summed E-state index contributed by atoms with van der Waals surface area (Å²) in [7, 11) is 1.56. The van der Waals surface area contributed by atoms with Gasteiger partial charge in [0.05, 0.1) is 18.3 Å². The van der Waals surface area contributed by atoms with Crippen LogP contribution in [0.25, 0.3) is 10.9 Å². The molecular formula is C26H37ClN6O3. The zero-order chi connectivity index (χ0) is 26.7. The monoisotopic (exact) mass is 516 g/mol. The Morgan fingerprint density at radius 1 is 1.19 bits per heavy atom. The van der Waals surface area contributed by atoms with Crippen LogP contribution in [0, 0.1) is 0 Å². The summed E-state index contributed by atoms with van der Waals surface area (Å²) in [6.07, 6.45) is 4.56. The van der Waals surface area contributed by atoms with Crippen LogP contribution in [0.1, 0.15) is 53.5 Å². The molecule has 3 heterocycles. The molecule has 4 rings (SSSR count). The molecule has 1 fully saturated rings. The van der Waals surface area contributed by atoms with E-state index in [0.717, 1.165) is 42.5 Å². The Kier molecular flexibility index (Phi) is 11.5. The predicted octanol–water partition coefficient (Wildman–Crippen LogP) is 5.16. The highest BCUT2D eigenvalue weighted by Gasteiger charge is 2.17. The summed E-state index contributed by atoms with van der Waals surface area (Å²) in [6, 6.07) is 7.64. The lowest BCUT2D eigenvalue weighted by Gasteiger charge is -2.18. The van der Waals surface area contributed by atoms with Crippen molar-refractivity contribution in [3.8, 4) is 5.75 Å². The maximum Gasteiger partial charge on any atom is 0.293 e. The highest BCUT2D eigenvalue weighted by Crippen LogP contribution is 2.29. The average molecular weight is 517 g/mol. The van der Waals surface area contributed by atoms with E-state index < -0.39 is 0 Å². The number of hydrogen-bond acceptors (Lipinski definition) is 7. The summed E-state index contributed by atoms with van der Waals surface area (Å²) in [5.74, 6) is 1.61. The third kappa shape index (κ3) is 7.10. The van der Waals surface area contributed by atoms with Crippen LogP contribution >= 0.6 is 11.6 Å². The summed E-state index contributed by atoms with van der Waals surface area (Å²) in [5, 5.41) is 6.92. The fraction of sp³-hybridized carbons (Fsp3) is 0.462. The number of fused-ring (bicyclic) bond motifs is 1. The van der Waals surface area contributed by atoms with Gasteiger partial charge in [0.1, 0.15) is 5.02 Å². The van der Waals surface area contributed by atoms with Gasteiger partial charge in [-0.1, -0.05) is 25.4 Å². The number of carbonyl (C=O) groups is 1. The zero-order valence-electron chi connectivity index (χ0n) is 22.0. The molecule has 0 saturated carbocycles. The topological polar surface area (TPSA) is 101 Å². The van der Waals surface area contributed by atoms with Crippen molar-refractivity contribution in [2.45, 2.75) is 53.5 Å². The largest absolute Gasteiger partial charge is 0.488 e. The molecule has 0 spiro atoms. The van der Waals surface area contributed by atoms with E-state index in [1.54, 1.807) is 23.9 Å². The fourth-order valence-corrected chi connectivity index (χ4v) is 3.96. The van der Waals surface area contributed by atoms with E-state index in [0.29, 0.717) is 35.6 Å². The van der Waals surface area contributed by atoms with E-state index in [1.165, 1.54) is 0 Å². The molecule has 0 atom stereocenters. The summed E-state index contributed by atoms with van der Waals surface area (Å²) >= 11 is 6.35. The normalized spacial score (nSPS) is 12.4. The van der Waals surface area contributed by atoms with Gasteiger partial charge in [-0.25, -0.2) is 4.98 Å². The number of amides is 1. The first-order valence-electron chi connectivity index (χ1n) is 12.4. The van der Waals surface area contributed by atoms with E-state index >= 15 is 0 Å². The second kappa shape index (κ2) is 14.3. The Hall–Kier alpha value is -3.33. The number of hydrogen-bond donors (Lipinski definition) is 2. The van der Waals surface area contributed by atoms with Crippen molar-refractivity contribution in [3.63, 3.8) is 0 Å². The summed E-state index contributed by atoms with van der Waals surface area (Å²) < 4.78 is 7.34. The van der Waals surface area contributed by atoms with Crippen LogP contribution in [0.3, 0.4) is 0 Å². The predicted molar refractivity (Wildman–Crippen MR) is 148 cm³/mol. The van der Waals surface area contributed by atoms with Crippen molar-refractivity contribution >= 4 is 46.4 Å². The fourth-order valence-electron chi connectivity index (χ4n) is 3.82. The number of nitrogens with zero attached hydrogens (tertiary/aromatic N) is 4. The number of benzene rings is 1. The van der Waals surface area contributed by atoms with Crippen LogP contribution in [0.5, 0.6) is 5.75 Å². The molecule has 0 aliphatic carbocycles. The number of pyridine rings is 1. The molecule has 0 bridgehead atoms. The lowest BCUT2D eigenvalue weighted by molar-refractivity contribution is -0.109. The molecule has 10 heteroatoms. The van der Waals surface area contributed by atoms with Gasteiger partial charge < -0.3 is 24.8 Å². The van der Waals surface area contributed by atoms with Crippen LogP contribution in [0.4, 0.5) is 17.5 Å². The Morgan fingerprint density at radius 3 is 2.44 bits per heavy atom. The second-order valence-electron chi connectivity index (χ2n) is 8.08. The Morgan fingerprint density at radius 2 is 1.86 bits per heavy atom. The van der Waals surface area contributed by atoms with E-state index in [9.17, 15) is 4.79 Å². The van der Waals surface area contributed by atoms with E-state index in [4.69, 9.17) is 21.1 Å². The summed E-state index contributed by atoms with van der Waals surface area (Å²) in [4.78, 5) is 33.0. The zero-order valence-corrected chi connectivity index (χ0v) is 22.7. The van der Waals surface area contributed by atoms with Crippen LogP contribution in [-0.4, -0.2) is 47.7 Å². The molecule has 9 nitrogen and oxygen atoms in total. The van der Waals surface area contributed by atoms with E-state index in [-0.39, 0.29) is 11.6 Å². The highest BCUT2D eigenvalue weighted by atomic mass is 35.5. The van der Waals surface area contributed by atoms with Gasteiger partial charge in [-0.2, -0.15) is 4.98 Å². The number of ether oxygens (including phenoxy) is 1. The first-order chi connectivity index (χ1) is 17.4. The Bertz CT molecular complexity index is 1190. The number of halogens is 1. The molecule has 1 aliphatic rings. The quantitative estimate of drug-likeness (QED) is 0.418. The van der Waals surface area contributed by atoms with Gasteiger partial charge in [-0.15, -0.1) is 0 Å². The summed E-state index contributed by atoms with van der Waals surface area (Å²) in [5.41, 5.74) is 1.57. The van der Waals surface area contributed by atoms with Crippen LogP contribution in [0.15, 0.2) is 35.3 Å². The summed E-state index contributed by atoms with van der Waals surface area (Å²) in [6.45, 7) is 12.2. The maximum atomic E-state index is 12.8. The Balaban J connectivity index is 0.000000694. The molecule has 2 N–H and O–H groups in total. The van der Waals surface area contributed by atoms with Crippen molar-refractivity contribution in [2.24, 2.45) is 0 Å². The van der Waals surface area contributed by atoms with Gasteiger partial charge in [0.25, 0.3) is 5.56 Å². The van der Waals surface area contributed by atoms with Gasteiger partial charge in [0.2, 0.25) is 12.4 Å². The highest BCUT2D eigenvalue weighted by molar-refractivity contribution is 6.32. The number of nitrogens with one attached hydrogen (secondary N) is 2. The number of carbonyl (C=O) groups excluding carboxylic acids is 1. The molecule has 1 aliphatic heterocycles. The minimum atomic E-state index is -0.117. The van der Waals surface area contributed by atoms with E-state index in [2.05, 4.69) is 25.5 Å². The van der Waals surface area contributed by atoms with E-state index in [1.807, 2.05) is 52.8 Å². The molecule has 1 saturated heterocycles. The molecular weight excluding hydrogens is 480 g/mol. The van der Waals surface area contributed by atoms with Crippen LogP contribution < -0.4 is 25.8 Å². The van der Waals surface area contributed by atoms with Crippen molar-refractivity contribution in [1.29, 1.82) is 0 Å². The lowest BCUT2D eigenvalue weighted by atomic mass is 10.1. The maximum absolute atomic E-state index is 12.8. The standard InChI is InChI=1S/C22H26ClN5O2.C2H5NO.C2H6/c1-4-30-19-12-15-11-16(7-8-18(15)28(14(2)3)21(19)29)25-20-17(23)13-24-22(26-20)27-9-5-6-10-27;1-3-2-4;1-2/h7-8,11-14H,4-6,9-10H2,1-3H3,(H,24,25,26);2H,1H3,(H,3,4);1-2H3. The first kappa shape index (κ1) is 28.9. The molecule has 1 aromatic carbocycles. The minimum absolute atomic E-state index is 0.0125. The smallest absolute Gasteiger partial charge is 0.293 e. The number of rotatable bonds is 7. The average Bonchev–Trinajstić information content (AvgIpc) is 3.42. The molecule has 0 radical (unpaired) electrons. The Labute approximate surface area is 217 Å². The molecule has 2 aromatic heterocycles. The van der Waals surface area contributed by atoms with Crippen molar-refractivity contribution < 1.29 is 9.53 Å². The third-order valence-electron chi connectivity index (χ3n) is 5.32. The van der Waals surface area contributed by atoms with Gasteiger partial charge in [0, 0.05) is 37.3 Å². The van der Waals surface area contributed by atoms with Gasteiger partial charge in [-0.05, 0) is 57.9 Å². The van der Waals surface area contributed by atoms with Gasteiger partial charge in [-0.3, -0.25) is 9.59 Å². The minimum Gasteiger partial charge on any atom is -0.488 e. The SMILES string of the molecule is CC.CCOc1cc2cc(Nc3nc(N4CCCC4)ncc3Cl)ccc2n(C(C)C)c1=O.CNC=O. The molecule has 3 aromatic rings. The van der Waals surface area contributed by atoms with Gasteiger partial charge >= 0.3 is 0 Å². The number of aromatic nitrogens is 3.